The molecule has 0 saturated heterocycles. The first-order valence-corrected chi connectivity index (χ1v) is 16.5. The van der Waals surface area contributed by atoms with Gasteiger partial charge in [-0.25, -0.2) is 0 Å². The highest BCUT2D eigenvalue weighted by molar-refractivity contribution is 6.71. The third-order valence-corrected chi connectivity index (χ3v) is 13.2. The van der Waals surface area contributed by atoms with Crippen LogP contribution in [0.1, 0.15) is 79.6 Å². The fourth-order valence-corrected chi connectivity index (χ4v) is 12.3. The summed E-state index contributed by atoms with van der Waals surface area (Å²) in [4.78, 5) is 12.7. The van der Waals surface area contributed by atoms with Crippen LogP contribution in [0.4, 0.5) is 0 Å². The number of hydrogen-bond donors (Lipinski definition) is 1. The van der Waals surface area contributed by atoms with Crippen LogP contribution >= 0.6 is 0 Å². The molecule has 3 saturated carbocycles. The summed E-state index contributed by atoms with van der Waals surface area (Å²) >= 11 is 0. The maximum absolute atomic E-state index is 12.7. The van der Waals surface area contributed by atoms with E-state index in [-0.39, 0.29) is 17.1 Å². The molecule has 4 aliphatic carbocycles. The monoisotopic (exact) mass is 470 g/mol. The van der Waals surface area contributed by atoms with E-state index in [1.165, 1.54) is 19.4 Å². The van der Waals surface area contributed by atoms with E-state index in [1.54, 1.807) is 5.57 Å². The zero-order chi connectivity index (χ0) is 24.4. The van der Waals surface area contributed by atoms with Crippen LogP contribution in [0.2, 0.25) is 19.1 Å². The molecule has 1 N–H and O–H groups in total. The molecule has 4 heteroatoms. The number of Topliss-reactive ketones (excluding diaryl/α,β-unsaturated/α-hetero) is 1. The lowest BCUT2D eigenvalue weighted by Gasteiger charge is -2.59. The van der Waals surface area contributed by atoms with E-state index in [1.807, 2.05) is 0 Å². The molecule has 0 bridgehead atoms. The van der Waals surface area contributed by atoms with Crippen LogP contribution in [0.25, 0.3) is 0 Å². The van der Waals surface area contributed by atoms with Crippen molar-refractivity contribution in [1.82, 2.24) is 0 Å². The zero-order valence-corrected chi connectivity index (χ0v) is 23.0. The molecule has 0 radical (unpaired) electrons. The van der Waals surface area contributed by atoms with Crippen molar-refractivity contribution in [2.45, 2.75) is 110 Å². The first kappa shape index (κ1) is 25.2. The van der Waals surface area contributed by atoms with Gasteiger partial charge in [0.2, 0.25) is 0 Å². The van der Waals surface area contributed by atoms with Crippen molar-refractivity contribution in [3.05, 3.63) is 11.6 Å². The molecular weight excluding hydrogens is 424 g/mol. The van der Waals surface area contributed by atoms with E-state index in [0.717, 1.165) is 38.5 Å². The molecule has 4 rings (SSSR count). The summed E-state index contributed by atoms with van der Waals surface area (Å²) in [7, 11) is -1.64. The number of ketones is 1. The van der Waals surface area contributed by atoms with Crippen LogP contribution in [0.15, 0.2) is 11.6 Å². The van der Waals surface area contributed by atoms with Crippen molar-refractivity contribution in [1.29, 1.82) is 0 Å². The van der Waals surface area contributed by atoms with Crippen LogP contribution < -0.4 is 0 Å². The van der Waals surface area contributed by atoms with Gasteiger partial charge in [0.25, 0.3) is 0 Å². The van der Waals surface area contributed by atoms with E-state index in [0.29, 0.717) is 29.8 Å². The molecular formula is C29H46O3Si. The van der Waals surface area contributed by atoms with Crippen LogP contribution in [-0.2, 0) is 9.22 Å². The van der Waals surface area contributed by atoms with Crippen molar-refractivity contribution in [2.75, 3.05) is 0 Å². The molecule has 8 atom stereocenters. The molecule has 33 heavy (non-hydrogen) atoms. The standard InChI is InChI=1S/C29H46O3Si/c1-9-21-17-26-24-11-10-22-16-23(32-33(7,8)18-19(2)3)12-14-27(22,5)25(24)13-15-28(26,6)29(21,31)20(4)30/h1,10,19,21,23-26,31H,11-18H2,2-8H3/t21?,23?,24-,25+,26+,27+,28+,29-/m1/s1. The minimum Gasteiger partial charge on any atom is -0.414 e. The number of hydrogen-bond acceptors (Lipinski definition) is 3. The average molecular weight is 471 g/mol. The molecule has 3 fully saturated rings. The highest BCUT2D eigenvalue weighted by Gasteiger charge is 2.68. The lowest BCUT2D eigenvalue weighted by atomic mass is 9.46. The zero-order valence-electron chi connectivity index (χ0n) is 22.0. The highest BCUT2D eigenvalue weighted by Crippen LogP contribution is 2.68. The number of rotatable bonds is 5. The molecule has 0 aromatic carbocycles. The number of aliphatic hydroxyl groups is 1. The molecule has 0 aromatic rings. The Bertz CT molecular complexity index is 869. The van der Waals surface area contributed by atoms with Crippen molar-refractivity contribution < 1.29 is 14.3 Å². The number of allylic oxidation sites excluding steroid dienone is 1. The Morgan fingerprint density at radius 3 is 2.58 bits per heavy atom. The molecule has 0 aromatic heterocycles. The highest BCUT2D eigenvalue weighted by atomic mass is 28.4. The van der Waals surface area contributed by atoms with E-state index >= 15 is 0 Å². The Morgan fingerprint density at radius 1 is 1.27 bits per heavy atom. The number of carbonyl (C=O) groups is 1. The molecule has 3 nitrogen and oxygen atoms in total. The summed E-state index contributed by atoms with van der Waals surface area (Å²) in [5.41, 5.74) is 0.0498. The van der Waals surface area contributed by atoms with Crippen molar-refractivity contribution in [3.8, 4) is 12.3 Å². The Kier molecular flexibility index (Phi) is 6.38. The van der Waals surface area contributed by atoms with Crippen molar-refractivity contribution in [2.24, 2.45) is 40.4 Å². The smallest absolute Gasteiger partial charge is 0.187 e. The van der Waals surface area contributed by atoms with Crippen molar-refractivity contribution >= 4 is 14.1 Å². The summed E-state index contributed by atoms with van der Waals surface area (Å²) in [6.45, 7) is 15.6. The van der Waals surface area contributed by atoms with E-state index in [9.17, 15) is 9.90 Å². The topological polar surface area (TPSA) is 46.5 Å². The van der Waals surface area contributed by atoms with Crippen LogP contribution in [0.3, 0.4) is 0 Å². The van der Waals surface area contributed by atoms with Gasteiger partial charge < -0.3 is 9.53 Å². The van der Waals surface area contributed by atoms with Gasteiger partial charge in [-0.1, -0.05) is 45.3 Å². The van der Waals surface area contributed by atoms with Gasteiger partial charge >= 0.3 is 0 Å². The summed E-state index contributed by atoms with van der Waals surface area (Å²) < 4.78 is 6.79. The van der Waals surface area contributed by atoms with Gasteiger partial charge in [-0.05, 0) is 100 Å². The maximum Gasteiger partial charge on any atom is 0.187 e. The van der Waals surface area contributed by atoms with Gasteiger partial charge in [-0.15, -0.1) is 6.42 Å². The molecule has 0 amide bonds. The van der Waals surface area contributed by atoms with Gasteiger partial charge in [0.15, 0.2) is 14.1 Å². The average Bonchev–Trinajstić information content (AvgIpc) is 2.95. The fraction of sp³-hybridized carbons (Fsp3) is 0.828. The van der Waals surface area contributed by atoms with Gasteiger partial charge in [0, 0.05) is 11.5 Å². The first-order valence-electron chi connectivity index (χ1n) is 13.4. The molecule has 184 valence electrons. The van der Waals surface area contributed by atoms with Crippen LogP contribution in [0, 0.1) is 52.8 Å². The van der Waals surface area contributed by atoms with Gasteiger partial charge in [-0.3, -0.25) is 4.79 Å². The minimum atomic E-state index is -1.64. The number of fused-ring (bicyclic) bond motifs is 5. The first-order chi connectivity index (χ1) is 15.3. The predicted octanol–water partition coefficient (Wildman–Crippen LogP) is 6.37. The van der Waals surface area contributed by atoms with Crippen molar-refractivity contribution in [3.63, 3.8) is 0 Å². The quantitative estimate of drug-likeness (QED) is 0.288. The molecule has 0 spiro atoms. The lowest BCUT2D eigenvalue weighted by Crippen LogP contribution is -2.58. The van der Waals surface area contributed by atoms with Gasteiger partial charge in [0.05, 0.1) is 5.92 Å². The number of carbonyl (C=O) groups excluding carboxylic acids is 1. The SMILES string of the molecule is C#CC1C[C@H]2[C@@H]3CC=C4CC(O[Si](C)(C)CC(C)C)CC[C@]4(C)[C@H]3CC[C@]2(C)[C@@]1(O)C(C)=O. The third-order valence-electron chi connectivity index (χ3n) is 10.4. The summed E-state index contributed by atoms with van der Waals surface area (Å²) in [5, 5.41) is 11.7. The van der Waals surface area contributed by atoms with Crippen LogP contribution in [-0.4, -0.2) is 30.9 Å². The molecule has 0 heterocycles. The van der Waals surface area contributed by atoms with Gasteiger partial charge in [-0.2, -0.15) is 0 Å². The van der Waals surface area contributed by atoms with Crippen LogP contribution in [0.5, 0.6) is 0 Å². The molecule has 4 aliphatic rings. The minimum absolute atomic E-state index is 0.141. The second-order valence-corrected chi connectivity index (χ2v) is 17.5. The van der Waals surface area contributed by atoms with E-state index < -0.39 is 19.3 Å². The Hall–Kier alpha value is -0.893. The van der Waals surface area contributed by atoms with E-state index in [2.05, 4.69) is 52.8 Å². The Labute approximate surface area is 203 Å². The third kappa shape index (κ3) is 3.82. The summed E-state index contributed by atoms with van der Waals surface area (Å²) in [6, 6.07) is 1.22. The summed E-state index contributed by atoms with van der Waals surface area (Å²) in [5.74, 6) is 4.44. The number of terminal acetylenes is 1. The van der Waals surface area contributed by atoms with Gasteiger partial charge in [0.1, 0.15) is 5.60 Å². The molecule has 0 aliphatic heterocycles. The summed E-state index contributed by atoms with van der Waals surface area (Å²) in [6.07, 6.45) is 16.0. The second-order valence-electron chi connectivity index (χ2n) is 13.3. The normalized spacial score (nSPS) is 45.0. The molecule has 2 unspecified atom stereocenters. The Balaban J connectivity index is 1.57. The fourth-order valence-electron chi connectivity index (χ4n) is 9.10. The second kappa shape index (κ2) is 8.35. The van der Waals surface area contributed by atoms with E-state index in [4.69, 9.17) is 10.8 Å². The Morgan fingerprint density at radius 2 is 1.97 bits per heavy atom. The lowest BCUT2D eigenvalue weighted by molar-refractivity contribution is -0.163. The largest absolute Gasteiger partial charge is 0.414 e. The predicted molar refractivity (Wildman–Crippen MR) is 137 cm³/mol. The maximum atomic E-state index is 12.7.